The summed E-state index contributed by atoms with van der Waals surface area (Å²) in [5.74, 6) is 0.960. The van der Waals surface area contributed by atoms with E-state index in [1.54, 1.807) is 35.6 Å². The largest absolute Gasteiger partial charge is 0.383 e. The summed E-state index contributed by atoms with van der Waals surface area (Å²) >= 11 is 8.72. The number of amides is 1. The summed E-state index contributed by atoms with van der Waals surface area (Å²) in [6.45, 7) is 4.91. The van der Waals surface area contributed by atoms with Gasteiger partial charge in [0, 0.05) is 22.0 Å². The SMILES string of the molecule is CC(C)C1Cc2c(sc3nc(SCC(=O)Nc4ccc(Cl)cc4)nc(N)c23)CO1. The predicted molar refractivity (Wildman–Crippen MR) is 120 cm³/mol. The number of thioether (sulfide) groups is 1. The third-order valence-corrected chi connectivity index (χ3v) is 6.98. The number of ether oxygens (including phenoxy) is 1. The van der Waals surface area contributed by atoms with Crippen LogP contribution in [0.3, 0.4) is 0 Å². The number of aromatic nitrogens is 2. The Morgan fingerprint density at radius 3 is 2.86 bits per heavy atom. The molecule has 0 saturated carbocycles. The van der Waals surface area contributed by atoms with Crippen LogP contribution in [0.2, 0.25) is 5.02 Å². The van der Waals surface area contributed by atoms with Gasteiger partial charge in [-0.1, -0.05) is 37.2 Å². The summed E-state index contributed by atoms with van der Waals surface area (Å²) in [5.41, 5.74) is 8.19. The molecule has 1 aliphatic rings. The molecule has 0 aliphatic carbocycles. The lowest BCUT2D eigenvalue weighted by atomic mass is 9.96. The number of nitrogens with two attached hydrogens (primary N) is 1. The highest BCUT2D eigenvalue weighted by Gasteiger charge is 2.27. The van der Waals surface area contributed by atoms with Crippen LogP contribution in [0, 0.1) is 5.92 Å². The summed E-state index contributed by atoms with van der Waals surface area (Å²) in [6, 6.07) is 6.98. The van der Waals surface area contributed by atoms with Gasteiger partial charge in [0.15, 0.2) is 5.16 Å². The van der Waals surface area contributed by atoms with Crippen molar-refractivity contribution in [2.75, 3.05) is 16.8 Å². The van der Waals surface area contributed by atoms with E-state index in [1.807, 2.05) is 0 Å². The summed E-state index contributed by atoms with van der Waals surface area (Å²) in [7, 11) is 0. The number of carbonyl (C=O) groups excluding carboxylic acids is 1. The van der Waals surface area contributed by atoms with Crippen LogP contribution >= 0.6 is 34.7 Å². The summed E-state index contributed by atoms with van der Waals surface area (Å²) in [5, 5.41) is 4.89. The maximum Gasteiger partial charge on any atom is 0.234 e. The van der Waals surface area contributed by atoms with E-state index >= 15 is 0 Å². The number of nitrogens with one attached hydrogen (secondary N) is 1. The zero-order valence-electron chi connectivity index (χ0n) is 16.1. The standard InChI is InChI=1S/C20H21ClN4O2S2/c1-10(2)14-7-13-15(8-27-14)29-19-17(13)18(22)24-20(25-19)28-9-16(26)23-12-5-3-11(21)4-6-12/h3-6,10,14H,7-9H2,1-2H3,(H,23,26)(H2,22,24,25). The summed E-state index contributed by atoms with van der Waals surface area (Å²) in [6.07, 6.45) is 1.02. The summed E-state index contributed by atoms with van der Waals surface area (Å²) < 4.78 is 5.96. The van der Waals surface area contributed by atoms with Crippen LogP contribution in [0.1, 0.15) is 24.3 Å². The first-order valence-electron chi connectivity index (χ1n) is 9.28. The van der Waals surface area contributed by atoms with Gasteiger partial charge in [0.05, 0.1) is 23.8 Å². The molecule has 0 bridgehead atoms. The molecule has 0 saturated heterocycles. The van der Waals surface area contributed by atoms with Crippen molar-refractivity contribution < 1.29 is 9.53 Å². The molecular formula is C20H21ClN4O2S2. The van der Waals surface area contributed by atoms with Gasteiger partial charge in [-0.3, -0.25) is 4.79 Å². The lowest BCUT2D eigenvalue weighted by Gasteiger charge is -2.26. The van der Waals surface area contributed by atoms with Crippen LogP contribution in [-0.2, 0) is 22.6 Å². The number of nitrogen functional groups attached to an aromatic ring is 1. The maximum atomic E-state index is 12.2. The average Bonchev–Trinajstić information content (AvgIpc) is 3.06. The fourth-order valence-electron chi connectivity index (χ4n) is 3.24. The van der Waals surface area contributed by atoms with Gasteiger partial charge in [0.25, 0.3) is 0 Å². The molecule has 1 unspecified atom stereocenters. The van der Waals surface area contributed by atoms with E-state index in [1.165, 1.54) is 22.2 Å². The zero-order chi connectivity index (χ0) is 20.5. The predicted octanol–water partition coefficient (Wildman–Crippen LogP) is 4.76. The molecule has 3 heterocycles. The number of hydrogen-bond acceptors (Lipinski definition) is 7. The number of rotatable bonds is 5. The molecule has 9 heteroatoms. The Labute approximate surface area is 182 Å². The number of carbonyl (C=O) groups is 1. The van der Waals surface area contributed by atoms with E-state index in [0.717, 1.165) is 16.6 Å². The van der Waals surface area contributed by atoms with E-state index in [9.17, 15) is 4.79 Å². The minimum absolute atomic E-state index is 0.141. The molecule has 1 amide bonds. The maximum absolute atomic E-state index is 12.2. The first kappa shape index (κ1) is 20.4. The smallest absolute Gasteiger partial charge is 0.234 e. The average molecular weight is 449 g/mol. The second-order valence-corrected chi connectivity index (χ2v) is 9.68. The number of fused-ring (bicyclic) bond motifs is 3. The molecule has 1 aromatic carbocycles. The molecule has 2 aromatic heterocycles. The minimum atomic E-state index is -0.141. The van der Waals surface area contributed by atoms with Crippen LogP contribution in [0.5, 0.6) is 0 Å². The molecule has 0 fully saturated rings. The van der Waals surface area contributed by atoms with E-state index in [-0.39, 0.29) is 17.8 Å². The molecule has 3 aromatic rings. The molecule has 1 atom stereocenters. The van der Waals surface area contributed by atoms with E-state index in [2.05, 4.69) is 29.1 Å². The third-order valence-electron chi connectivity index (χ3n) is 4.78. The van der Waals surface area contributed by atoms with Gasteiger partial charge in [-0.25, -0.2) is 9.97 Å². The monoisotopic (exact) mass is 448 g/mol. The van der Waals surface area contributed by atoms with Crippen LogP contribution < -0.4 is 11.1 Å². The Hall–Kier alpha value is -1.87. The highest BCUT2D eigenvalue weighted by molar-refractivity contribution is 7.99. The molecule has 6 nitrogen and oxygen atoms in total. The molecule has 0 radical (unpaired) electrons. The van der Waals surface area contributed by atoms with Gasteiger partial charge in [-0.2, -0.15) is 0 Å². The number of thiophene rings is 1. The number of halogens is 1. The molecule has 29 heavy (non-hydrogen) atoms. The van der Waals surface area contributed by atoms with E-state index in [0.29, 0.717) is 34.2 Å². The lowest BCUT2D eigenvalue weighted by Crippen LogP contribution is -2.26. The summed E-state index contributed by atoms with van der Waals surface area (Å²) in [4.78, 5) is 23.3. The van der Waals surface area contributed by atoms with Crippen LogP contribution in [0.15, 0.2) is 29.4 Å². The van der Waals surface area contributed by atoms with Crippen molar-refractivity contribution >= 4 is 62.3 Å². The number of anilines is 2. The molecule has 1 aliphatic heterocycles. The van der Waals surface area contributed by atoms with Gasteiger partial charge >= 0.3 is 0 Å². The van der Waals surface area contributed by atoms with Gasteiger partial charge in [0.2, 0.25) is 5.91 Å². The highest BCUT2D eigenvalue weighted by atomic mass is 35.5. The minimum Gasteiger partial charge on any atom is -0.383 e. The zero-order valence-corrected chi connectivity index (χ0v) is 18.5. The molecule has 152 valence electrons. The second-order valence-electron chi connectivity index (χ2n) is 7.22. The third kappa shape index (κ3) is 4.50. The van der Waals surface area contributed by atoms with Crippen molar-refractivity contribution in [3.63, 3.8) is 0 Å². The van der Waals surface area contributed by atoms with Crippen molar-refractivity contribution in [3.05, 3.63) is 39.7 Å². The van der Waals surface area contributed by atoms with Crippen molar-refractivity contribution in [1.29, 1.82) is 0 Å². The highest BCUT2D eigenvalue weighted by Crippen LogP contribution is 2.39. The Balaban J connectivity index is 1.48. The van der Waals surface area contributed by atoms with Crippen molar-refractivity contribution in [2.45, 2.75) is 38.1 Å². The normalized spacial score (nSPS) is 16.2. The number of benzene rings is 1. The van der Waals surface area contributed by atoms with Crippen molar-refractivity contribution in [3.8, 4) is 0 Å². The van der Waals surface area contributed by atoms with Crippen molar-refractivity contribution in [2.24, 2.45) is 5.92 Å². The molecule has 3 N–H and O–H groups in total. The molecule has 4 rings (SSSR count). The van der Waals surface area contributed by atoms with Crippen molar-refractivity contribution in [1.82, 2.24) is 9.97 Å². The topological polar surface area (TPSA) is 90.1 Å². The lowest BCUT2D eigenvalue weighted by molar-refractivity contribution is -0.113. The first-order chi connectivity index (χ1) is 13.9. The first-order valence-corrected chi connectivity index (χ1v) is 11.5. The fraction of sp³-hybridized carbons (Fsp3) is 0.350. The van der Waals surface area contributed by atoms with Crippen LogP contribution in [0.25, 0.3) is 10.2 Å². The van der Waals surface area contributed by atoms with Crippen LogP contribution in [-0.4, -0.2) is 27.7 Å². The molecular weight excluding hydrogens is 428 g/mol. The Bertz CT molecular complexity index is 1050. The van der Waals surface area contributed by atoms with Crippen LogP contribution in [0.4, 0.5) is 11.5 Å². The Morgan fingerprint density at radius 2 is 2.14 bits per heavy atom. The Kier molecular flexibility index (Phi) is 5.96. The number of hydrogen-bond donors (Lipinski definition) is 2. The second kappa shape index (κ2) is 8.47. The van der Waals surface area contributed by atoms with Gasteiger partial charge < -0.3 is 15.8 Å². The quantitative estimate of drug-likeness (QED) is 0.432. The Morgan fingerprint density at radius 1 is 1.38 bits per heavy atom. The fourth-order valence-corrected chi connectivity index (χ4v) is 5.21. The van der Waals surface area contributed by atoms with E-state index < -0.39 is 0 Å². The molecule has 0 spiro atoms. The van der Waals surface area contributed by atoms with Gasteiger partial charge in [-0.05, 0) is 35.7 Å². The number of nitrogens with zero attached hydrogens (tertiary/aromatic N) is 2. The van der Waals surface area contributed by atoms with E-state index in [4.69, 9.17) is 22.1 Å². The van der Waals surface area contributed by atoms with Gasteiger partial charge in [0.1, 0.15) is 10.6 Å². The van der Waals surface area contributed by atoms with Gasteiger partial charge in [-0.15, -0.1) is 11.3 Å².